The molecule has 0 bridgehead atoms. The van der Waals surface area contributed by atoms with Crippen molar-refractivity contribution in [2.75, 3.05) is 6.61 Å². The lowest BCUT2D eigenvalue weighted by molar-refractivity contribution is 0.172. The van der Waals surface area contributed by atoms with E-state index in [1.165, 1.54) is 0 Å². The number of aromatic nitrogens is 1. The molecule has 0 fully saturated rings. The Hall–Kier alpha value is -1.39. The molecule has 2 aromatic rings. The maximum Gasteiger partial charge on any atom is 0.125 e. The molecule has 0 aliphatic carbocycles. The molecule has 3 nitrogen and oxygen atoms in total. The smallest absolute Gasteiger partial charge is 0.125 e. The monoisotopic (exact) mass is 321 g/mol. The highest BCUT2D eigenvalue weighted by Crippen LogP contribution is 2.27. The van der Waals surface area contributed by atoms with Crippen molar-refractivity contribution in [2.45, 2.75) is 19.4 Å². The minimum Gasteiger partial charge on any atom is -0.493 e. The molecule has 1 heterocycles. The summed E-state index contributed by atoms with van der Waals surface area (Å²) in [5, 5.41) is 10.3. The van der Waals surface area contributed by atoms with E-state index < -0.39 is 6.10 Å². The van der Waals surface area contributed by atoms with Crippen LogP contribution in [-0.4, -0.2) is 16.7 Å². The number of hydrogen-bond donors (Lipinski definition) is 1. The molecule has 100 valence electrons. The minimum atomic E-state index is -0.598. The molecule has 1 unspecified atom stereocenters. The number of ether oxygens (including phenoxy) is 1. The molecular weight excluding hydrogens is 306 g/mol. The number of rotatable bonds is 5. The van der Waals surface area contributed by atoms with Gasteiger partial charge in [0.15, 0.2) is 0 Å². The van der Waals surface area contributed by atoms with Gasteiger partial charge in [0.25, 0.3) is 0 Å². The molecule has 0 aliphatic rings. The van der Waals surface area contributed by atoms with Crippen LogP contribution in [0.2, 0.25) is 0 Å². The Morgan fingerprint density at radius 1 is 1.32 bits per heavy atom. The van der Waals surface area contributed by atoms with Gasteiger partial charge in [-0.1, -0.05) is 18.2 Å². The molecular formula is C15H16BrNO2. The van der Waals surface area contributed by atoms with E-state index in [2.05, 4.69) is 20.9 Å². The summed E-state index contributed by atoms with van der Waals surface area (Å²) in [5.74, 6) is 0.737. The van der Waals surface area contributed by atoms with Gasteiger partial charge in [0, 0.05) is 28.9 Å². The number of aliphatic hydroxyl groups is 1. The Kier molecular flexibility index (Phi) is 4.93. The van der Waals surface area contributed by atoms with Crippen molar-refractivity contribution in [3.05, 3.63) is 58.3 Å². The van der Waals surface area contributed by atoms with Gasteiger partial charge in [0.05, 0.1) is 12.7 Å². The van der Waals surface area contributed by atoms with Crippen molar-refractivity contribution >= 4 is 15.9 Å². The molecule has 0 spiro atoms. The number of pyridine rings is 1. The lowest BCUT2D eigenvalue weighted by Crippen LogP contribution is -2.05. The van der Waals surface area contributed by atoms with Crippen molar-refractivity contribution in [1.29, 1.82) is 0 Å². The molecule has 2 rings (SSSR count). The van der Waals surface area contributed by atoms with Crippen LogP contribution in [-0.2, 0) is 6.42 Å². The average molecular weight is 322 g/mol. The van der Waals surface area contributed by atoms with E-state index in [1.54, 1.807) is 12.4 Å². The molecule has 0 saturated carbocycles. The summed E-state index contributed by atoms with van der Waals surface area (Å²) in [4.78, 5) is 4.10. The maximum absolute atomic E-state index is 10.3. The first-order valence-electron chi connectivity index (χ1n) is 6.20. The Morgan fingerprint density at radius 2 is 2.11 bits per heavy atom. The molecule has 0 saturated heterocycles. The Bertz CT molecular complexity index is 545. The normalized spacial score (nSPS) is 12.2. The molecule has 1 aromatic carbocycles. The second-order valence-electron chi connectivity index (χ2n) is 4.20. The third kappa shape index (κ3) is 3.78. The first-order valence-corrected chi connectivity index (χ1v) is 6.99. The fourth-order valence-electron chi connectivity index (χ4n) is 1.94. The number of hydrogen-bond acceptors (Lipinski definition) is 3. The average Bonchev–Trinajstić information content (AvgIpc) is 2.39. The van der Waals surface area contributed by atoms with E-state index in [0.29, 0.717) is 13.0 Å². The molecule has 1 N–H and O–H groups in total. The van der Waals surface area contributed by atoms with Crippen LogP contribution in [0.3, 0.4) is 0 Å². The molecule has 1 atom stereocenters. The van der Waals surface area contributed by atoms with Crippen LogP contribution in [0.4, 0.5) is 0 Å². The van der Waals surface area contributed by atoms with Gasteiger partial charge in [-0.05, 0) is 40.5 Å². The third-order valence-corrected chi connectivity index (χ3v) is 3.20. The summed E-state index contributed by atoms with van der Waals surface area (Å²) in [6.45, 7) is 2.52. The molecule has 4 heteroatoms. The lowest BCUT2D eigenvalue weighted by Gasteiger charge is -2.15. The lowest BCUT2D eigenvalue weighted by atomic mass is 10.0. The summed E-state index contributed by atoms with van der Waals surface area (Å²) in [6, 6.07) is 9.53. The first kappa shape index (κ1) is 14.0. The van der Waals surface area contributed by atoms with Gasteiger partial charge in [-0.2, -0.15) is 0 Å². The Balaban J connectivity index is 2.17. The zero-order valence-corrected chi connectivity index (χ0v) is 12.3. The van der Waals surface area contributed by atoms with Crippen molar-refractivity contribution in [1.82, 2.24) is 4.98 Å². The summed E-state index contributed by atoms with van der Waals surface area (Å²) >= 11 is 3.38. The highest BCUT2D eigenvalue weighted by molar-refractivity contribution is 9.10. The number of nitrogens with zero attached hydrogens (tertiary/aromatic N) is 1. The van der Waals surface area contributed by atoms with Gasteiger partial charge >= 0.3 is 0 Å². The number of aliphatic hydroxyl groups excluding tert-OH is 1. The second-order valence-corrected chi connectivity index (χ2v) is 5.12. The van der Waals surface area contributed by atoms with Crippen LogP contribution < -0.4 is 4.74 Å². The largest absolute Gasteiger partial charge is 0.493 e. The molecule has 1 aromatic heterocycles. The van der Waals surface area contributed by atoms with Crippen LogP contribution in [0.15, 0.2) is 47.2 Å². The standard InChI is InChI=1S/C15H16BrNO2/c1-2-19-15-6-4-3-5-13(15)14(18)8-11-7-12(16)10-17-9-11/h3-7,9-10,14,18H,2,8H2,1H3. The van der Waals surface area contributed by atoms with E-state index in [1.807, 2.05) is 37.3 Å². The zero-order chi connectivity index (χ0) is 13.7. The van der Waals surface area contributed by atoms with Crippen LogP contribution in [0.1, 0.15) is 24.2 Å². The van der Waals surface area contributed by atoms with E-state index in [9.17, 15) is 5.11 Å². The first-order chi connectivity index (χ1) is 9.20. The fraction of sp³-hybridized carbons (Fsp3) is 0.267. The summed E-state index contributed by atoms with van der Waals surface area (Å²) in [5.41, 5.74) is 1.79. The fourth-order valence-corrected chi connectivity index (χ4v) is 2.36. The van der Waals surface area contributed by atoms with Crippen molar-refractivity contribution in [2.24, 2.45) is 0 Å². The number of halogens is 1. The van der Waals surface area contributed by atoms with Gasteiger partial charge in [-0.15, -0.1) is 0 Å². The summed E-state index contributed by atoms with van der Waals surface area (Å²) in [6.07, 6.45) is 3.40. The van der Waals surface area contributed by atoms with Gasteiger partial charge in [-0.25, -0.2) is 0 Å². The SMILES string of the molecule is CCOc1ccccc1C(O)Cc1cncc(Br)c1. The predicted molar refractivity (Wildman–Crippen MR) is 78.2 cm³/mol. The van der Waals surface area contributed by atoms with Gasteiger partial charge in [0.2, 0.25) is 0 Å². The van der Waals surface area contributed by atoms with E-state index in [0.717, 1.165) is 21.3 Å². The van der Waals surface area contributed by atoms with Crippen molar-refractivity contribution < 1.29 is 9.84 Å². The number of benzene rings is 1. The second kappa shape index (κ2) is 6.68. The minimum absolute atomic E-state index is 0.510. The summed E-state index contributed by atoms with van der Waals surface area (Å²) in [7, 11) is 0. The third-order valence-electron chi connectivity index (χ3n) is 2.77. The van der Waals surface area contributed by atoms with Gasteiger partial charge in [0.1, 0.15) is 5.75 Å². The van der Waals surface area contributed by atoms with Crippen molar-refractivity contribution in [3.8, 4) is 5.75 Å². The highest BCUT2D eigenvalue weighted by Gasteiger charge is 2.14. The van der Waals surface area contributed by atoms with E-state index in [4.69, 9.17) is 4.74 Å². The van der Waals surface area contributed by atoms with Crippen LogP contribution in [0, 0.1) is 0 Å². The number of para-hydroxylation sites is 1. The quantitative estimate of drug-likeness (QED) is 0.916. The van der Waals surface area contributed by atoms with E-state index in [-0.39, 0.29) is 0 Å². The maximum atomic E-state index is 10.3. The van der Waals surface area contributed by atoms with Crippen LogP contribution in [0.25, 0.3) is 0 Å². The van der Waals surface area contributed by atoms with Gasteiger partial charge < -0.3 is 9.84 Å². The Morgan fingerprint density at radius 3 is 2.84 bits per heavy atom. The zero-order valence-electron chi connectivity index (χ0n) is 10.7. The van der Waals surface area contributed by atoms with Crippen LogP contribution in [0.5, 0.6) is 5.75 Å². The Labute approximate surface area is 121 Å². The molecule has 0 aliphatic heterocycles. The predicted octanol–water partition coefficient (Wildman–Crippen LogP) is 3.52. The van der Waals surface area contributed by atoms with Crippen LogP contribution >= 0.6 is 15.9 Å². The van der Waals surface area contributed by atoms with E-state index >= 15 is 0 Å². The van der Waals surface area contributed by atoms with Crippen molar-refractivity contribution in [3.63, 3.8) is 0 Å². The highest BCUT2D eigenvalue weighted by atomic mass is 79.9. The van der Waals surface area contributed by atoms with Gasteiger partial charge in [-0.3, -0.25) is 4.98 Å². The molecule has 0 amide bonds. The topological polar surface area (TPSA) is 42.4 Å². The molecule has 0 radical (unpaired) electrons. The molecule has 19 heavy (non-hydrogen) atoms. The summed E-state index contributed by atoms with van der Waals surface area (Å²) < 4.78 is 6.45.